The Hall–Kier alpha value is -0.300. The van der Waals surface area contributed by atoms with Crippen molar-refractivity contribution in [2.24, 2.45) is 5.92 Å². The van der Waals surface area contributed by atoms with Crippen molar-refractivity contribution in [2.45, 2.75) is 46.2 Å². The van der Waals surface area contributed by atoms with E-state index in [-0.39, 0.29) is 5.54 Å². The van der Waals surface area contributed by atoms with Gasteiger partial charge in [-0.3, -0.25) is 0 Å². The van der Waals surface area contributed by atoms with E-state index < -0.39 is 0 Å². The predicted molar refractivity (Wildman–Crippen MR) is 49.6 cm³/mol. The summed E-state index contributed by atoms with van der Waals surface area (Å²) in [6.45, 7) is 11.2. The lowest BCUT2D eigenvalue weighted by Gasteiger charge is -2.37. The molecule has 11 heavy (non-hydrogen) atoms. The van der Waals surface area contributed by atoms with Crippen LogP contribution in [0.25, 0.3) is 0 Å². The van der Waals surface area contributed by atoms with Crippen LogP contribution in [0.5, 0.6) is 0 Å². The van der Waals surface area contributed by atoms with E-state index >= 15 is 0 Å². The molecule has 0 fully saturated rings. The number of hydrogen-bond donors (Lipinski definition) is 1. The molecule has 1 nitrogen and oxygen atoms in total. The normalized spacial score (nSPS) is 36.6. The first-order valence-corrected chi connectivity index (χ1v) is 4.39. The van der Waals surface area contributed by atoms with Gasteiger partial charge in [0, 0.05) is 11.6 Å². The third-order valence-corrected chi connectivity index (χ3v) is 2.66. The maximum atomic E-state index is 3.56. The fourth-order valence-electron chi connectivity index (χ4n) is 1.85. The number of rotatable bonds is 0. The van der Waals surface area contributed by atoms with E-state index in [4.69, 9.17) is 0 Å². The van der Waals surface area contributed by atoms with Crippen molar-refractivity contribution in [3.05, 3.63) is 11.6 Å². The van der Waals surface area contributed by atoms with E-state index in [2.05, 4.69) is 46.0 Å². The van der Waals surface area contributed by atoms with E-state index in [1.807, 2.05) is 0 Å². The topological polar surface area (TPSA) is 12.0 Å². The van der Waals surface area contributed by atoms with Crippen LogP contribution in [0.1, 0.15) is 34.6 Å². The summed E-state index contributed by atoms with van der Waals surface area (Å²) in [7, 11) is 0. The highest BCUT2D eigenvalue weighted by molar-refractivity contribution is 5.18. The summed E-state index contributed by atoms with van der Waals surface area (Å²) in [5, 5.41) is 3.56. The van der Waals surface area contributed by atoms with Crippen molar-refractivity contribution >= 4 is 0 Å². The Morgan fingerprint density at radius 2 is 1.91 bits per heavy atom. The molecule has 1 heterocycles. The zero-order valence-corrected chi connectivity index (χ0v) is 8.23. The molecular formula is C10H19N. The summed E-state index contributed by atoms with van der Waals surface area (Å²) in [4.78, 5) is 0. The quantitative estimate of drug-likeness (QED) is 0.527. The van der Waals surface area contributed by atoms with Gasteiger partial charge in [-0.15, -0.1) is 0 Å². The lowest BCUT2D eigenvalue weighted by atomic mass is 9.85. The Labute approximate surface area is 69.9 Å². The van der Waals surface area contributed by atoms with Crippen LogP contribution in [-0.4, -0.2) is 11.6 Å². The van der Waals surface area contributed by atoms with Crippen LogP contribution in [0.4, 0.5) is 0 Å². The molecule has 0 bridgehead atoms. The minimum atomic E-state index is 0.190. The van der Waals surface area contributed by atoms with Crippen molar-refractivity contribution in [3.8, 4) is 0 Å². The van der Waals surface area contributed by atoms with Gasteiger partial charge in [0.2, 0.25) is 0 Å². The lowest BCUT2D eigenvalue weighted by Crippen LogP contribution is -2.49. The first-order valence-electron chi connectivity index (χ1n) is 4.39. The summed E-state index contributed by atoms with van der Waals surface area (Å²) < 4.78 is 0. The smallest absolute Gasteiger partial charge is 0.0312 e. The van der Waals surface area contributed by atoms with Crippen molar-refractivity contribution in [3.63, 3.8) is 0 Å². The van der Waals surface area contributed by atoms with E-state index in [0.717, 1.165) is 0 Å². The summed E-state index contributed by atoms with van der Waals surface area (Å²) in [5.74, 6) is 0.683. The molecule has 1 heteroatoms. The predicted octanol–water partition coefficient (Wildman–Crippen LogP) is 2.34. The minimum absolute atomic E-state index is 0.190. The van der Waals surface area contributed by atoms with Gasteiger partial charge in [0.05, 0.1) is 0 Å². The lowest BCUT2D eigenvalue weighted by molar-refractivity contribution is 0.327. The summed E-state index contributed by atoms with van der Waals surface area (Å²) in [6, 6.07) is 0.606. The molecule has 1 N–H and O–H groups in total. The van der Waals surface area contributed by atoms with E-state index in [9.17, 15) is 0 Å². The standard InChI is InChI=1S/C10H19N/c1-7-6-10(4,5)11-9(3)8(7)2/h6,8-9,11H,1-5H3. The highest BCUT2D eigenvalue weighted by Crippen LogP contribution is 2.24. The molecule has 0 radical (unpaired) electrons. The zero-order chi connectivity index (χ0) is 8.65. The Kier molecular flexibility index (Phi) is 2.10. The van der Waals surface area contributed by atoms with E-state index in [1.165, 1.54) is 5.57 Å². The van der Waals surface area contributed by atoms with Gasteiger partial charge < -0.3 is 5.32 Å². The SMILES string of the molecule is CC1=CC(C)(C)NC(C)C1C. The van der Waals surface area contributed by atoms with Gasteiger partial charge in [0.25, 0.3) is 0 Å². The molecule has 0 aromatic heterocycles. The third kappa shape index (κ3) is 1.84. The van der Waals surface area contributed by atoms with Crippen molar-refractivity contribution in [1.29, 1.82) is 0 Å². The van der Waals surface area contributed by atoms with E-state index in [1.54, 1.807) is 0 Å². The van der Waals surface area contributed by atoms with Crippen LogP contribution >= 0.6 is 0 Å². The molecule has 1 rings (SSSR count). The second-order valence-electron chi connectivity index (χ2n) is 4.33. The fraction of sp³-hybridized carbons (Fsp3) is 0.800. The van der Waals surface area contributed by atoms with Gasteiger partial charge in [-0.2, -0.15) is 0 Å². The third-order valence-electron chi connectivity index (χ3n) is 2.66. The van der Waals surface area contributed by atoms with Gasteiger partial charge in [-0.05, 0) is 33.6 Å². The Morgan fingerprint density at radius 3 is 2.36 bits per heavy atom. The summed E-state index contributed by atoms with van der Waals surface area (Å²) >= 11 is 0. The largest absolute Gasteiger partial charge is 0.305 e. The molecule has 0 saturated carbocycles. The van der Waals surface area contributed by atoms with Gasteiger partial charge in [-0.1, -0.05) is 18.6 Å². The highest BCUT2D eigenvalue weighted by Gasteiger charge is 2.27. The van der Waals surface area contributed by atoms with E-state index in [0.29, 0.717) is 12.0 Å². The molecule has 1 aliphatic heterocycles. The molecule has 0 aliphatic carbocycles. The van der Waals surface area contributed by atoms with Crippen LogP contribution in [0, 0.1) is 5.92 Å². The summed E-state index contributed by atoms with van der Waals surface area (Å²) in [6.07, 6.45) is 2.33. The molecule has 64 valence electrons. The summed E-state index contributed by atoms with van der Waals surface area (Å²) in [5.41, 5.74) is 1.71. The number of hydrogen-bond acceptors (Lipinski definition) is 1. The first-order chi connectivity index (χ1) is 4.92. The Balaban J connectivity index is 2.85. The molecule has 2 atom stereocenters. The Bertz CT molecular complexity index is 179. The maximum Gasteiger partial charge on any atom is 0.0312 e. The monoisotopic (exact) mass is 153 g/mol. The van der Waals surface area contributed by atoms with Crippen LogP contribution in [0.2, 0.25) is 0 Å². The fourth-order valence-corrected chi connectivity index (χ4v) is 1.85. The average molecular weight is 153 g/mol. The molecule has 0 saturated heterocycles. The van der Waals surface area contributed by atoms with Crippen LogP contribution in [0.15, 0.2) is 11.6 Å². The van der Waals surface area contributed by atoms with Crippen molar-refractivity contribution in [1.82, 2.24) is 5.32 Å². The second-order valence-corrected chi connectivity index (χ2v) is 4.33. The molecule has 1 aliphatic rings. The maximum absolute atomic E-state index is 3.56. The molecule has 2 unspecified atom stereocenters. The molecule has 0 amide bonds. The van der Waals surface area contributed by atoms with Crippen molar-refractivity contribution < 1.29 is 0 Å². The average Bonchev–Trinajstić information content (AvgIpc) is 1.81. The highest BCUT2D eigenvalue weighted by atomic mass is 15.0. The van der Waals surface area contributed by atoms with Crippen LogP contribution in [0.3, 0.4) is 0 Å². The molecule has 0 aromatic rings. The molecule has 0 aromatic carbocycles. The molecular weight excluding hydrogens is 134 g/mol. The minimum Gasteiger partial charge on any atom is -0.305 e. The van der Waals surface area contributed by atoms with Crippen LogP contribution < -0.4 is 5.32 Å². The second kappa shape index (κ2) is 2.63. The number of nitrogens with one attached hydrogen (secondary N) is 1. The van der Waals surface area contributed by atoms with Crippen molar-refractivity contribution in [2.75, 3.05) is 0 Å². The Morgan fingerprint density at radius 1 is 1.36 bits per heavy atom. The molecule has 0 spiro atoms. The van der Waals surface area contributed by atoms with Gasteiger partial charge in [0.15, 0.2) is 0 Å². The first kappa shape index (κ1) is 8.79. The van der Waals surface area contributed by atoms with Gasteiger partial charge in [-0.25, -0.2) is 0 Å². The van der Waals surface area contributed by atoms with Gasteiger partial charge in [0.1, 0.15) is 0 Å². The zero-order valence-electron chi connectivity index (χ0n) is 8.23. The van der Waals surface area contributed by atoms with Gasteiger partial charge >= 0.3 is 0 Å². The van der Waals surface area contributed by atoms with Crippen LogP contribution in [-0.2, 0) is 0 Å².